The summed E-state index contributed by atoms with van der Waals surface area (Å²) in [6, 6.07) is 0. The Kier molecular flexibility index (Phi) is 4.70. The minimum absolute atomic E-state index is 0.162. The van der Waals surface area contributed by atoms with Gasteiger partial charge in [0.25, 0.3) is 0 Å². The summed E-state index contributed by atoms with van der Waals surface area (Å²) >= 11 is 0. The van der Waals surface area contributed by atoms with Crippen molar-refractivity contribution in [2.75, 3.05) is 6.61 Å². The van der Waals surface area contributed by atoms with E-state index in [1.54, 1.807) is 0 Å². The van der Waals surface area contributed by atoms with Crippen LogP contribution in [0.4, 0.5) is 0 Å². The topological polar surface area (TPSA) is 124 Å². The molecule has 0 unspecified atom stereocenters. The molecule has 0 rings (SSSR count). The first kappa shape index (κ1) is 13.5. The molecule has 0 saturated heterocycles. The fraction of sp³-hybridized carbons (Fsp3) is 0.833. The van der Waals surface area contributed by atoms with Gasteiger partial charge < -0.3 is 20.0 Å². The normalized spacial score (nSPS) is 16.3. The van der Waals surface area contributed by atoms with Crippen LogP contribution in [0.1, 0.15) is 19.8 Å². The molecule has 84 valence electrons. The van der Waals surface area contributed by atoms with Crippen LogP contribution in [0.5, 0.6) is 0 Å². The Morgan fingerprint density at radius 3 is 2.36 bits per heavy atom. The number of carboxylic acid groups (broad SMARTS) is 1. The Balaban J connectivity index is 3.88. The van der Waals surface area contributed by atoms with Gasteiger partial charge in [0.05, 0.1) is 18.6 Å². The molecular formula is C6H13O7P. The standard InChI is InChI=1S/C6H13O7P/c1-6(9,4-5(7)8)2-3-13-14(10,11)12/h9H,2-4H2,1H3,(H,7,8)(H2,10,11,12)/t6-/m1/s1. The third kappa shape index (κ3) is 8.15. The molecule has 0 aromatic heterocycles. The molecule has 0 aliphatic carbocycles. The van der Waals surface area contributed by atoms with Gasteiger partial charge in [-0.3, -0.25) is 9.32 Å². The van der Waals surface area contributed by atoms with Crippen molar-refractivity contribution >= 4 is 13.8 Å². The average Bonchev–Trinajstić information content (AvgIpc) is 1.78. The monoisotopic (exact) mass is 228 g/mol. The number of carboxylic acids is 1. The van der Waals surface area contributed by atoms with Crippen LogP contribution in [0, 0.1) is 0 Å². The van der Waals surface area contributed by atoms with Gasteiger partial charge in [0.1, 0.15) is 0 Å². The van der Waals surface area contributed by atoms with E-state index in [1.807, 2.05) is 0 Å². The minimum atomic E-state index is -4.54. The highest BCUT2D eigenvalue weighted by molar-refractivity contribution is 7.46. The summed E-state index contributed by atoms with van der Waals surface area (Å²) in [6.07, 6.45) is -0.665. The average molecular weight is 228 g/mol. The smallest absolute Gasteiger partial charge is 0.469 e. The Bertz CT molecular complexity index is 243. The molecule has 0 spiro atoms. The van der Waals surface area contributed by atoms with E-state index >= 15 is 0 Å². The molecule has 1 atom stereocenters. The summed E-state index contributed by atoms with van der Waals surface area (Å²) in [7, 11) is -4.54. The van der Waals surface area contributed by atoms with Crippen molar-refractivity contribution in [3.8, 4) is 0 Å². The zero-order valence-electron chi connectivity index (χ0n) is 7.58. The molecule has 0 bridgehead atoms. The third-order valence-electron chi connectivity index (χ3n) is 1.43. The zero-order chi connectivity index (χ0) is 11.4. The van der Waals surface area contributed by atoms with Gasteiger partial charge in [-0.05, 0) is 6.92 Å². The van der Waals surface area contributed by atoms with Crippen LogP contribution in [-0.2, 0) is 13.9 Å². The molecule has 0 aliphatic rings. The van der Waals surface area contributed by atoms with Crippen LogP contribution >= 0.6 is 7.82 Å². The molecule has 4 N–H and O–H groups in total. The first-order chi connectivity index (χ1) is 6.12. The molecule has 14 heavy (non-hydrogen) atoms. The van der Waals surface area contributed by atoms with E-state index in [1.165, 1.54) is 6.92 Å². The second-order valence-corrected chi connectivity index (χ2v) is 4.38. The van der Waals surface area contributed by atoms with Gasteiger partial charge in [-0.25, -0.2) is 4.57 Å². The first-order valence-electron chi connectivity index (χ1n) is 3.77. The highest BCUT2D eigenvalue weighted by Crippen LogP contribution is 2.36. The van der Waals surface area contributed by atoms with E-state index in [-0.39, 0.29) is 6.42 Å². The summed E-state index contributed by atoms with van der Waals surface area (Å²) in [5, 5.41) is 17.7. The number of hydrogen-bond acceptors (Lipinski definition) is 4. The summed E-state index contributed by atoms with van der Waals surface area (Å²) in [5.41, 5.74) is -1.53. The number of carbonyl (C=O) groups is 1. The van der Waals surface area contributed by atoms with E-state index < -0.39 is 32.4 Å². The summed E-state index contributed by atoms with van der Waals surface area (Å²) < 4.78 is 14.3. The van der Waals surface area contributed by atoms with E-state index in [4.69, 9.17) is 14.9 Å². The van der Waals surface area contributed by atoms with Gasteiger partial charge in [-0.15, -0.1) is 0 Å². The van der Waals surface area contributed by atoms with E-state index in [0.717, 1.165) is 0 Å². The molecule has 8 heteroatoms. The molecule has 0 amide bonds. The Labute approximate surface area is 80.6 Å². The van der Waals surface area contributed by atoms with Crippen LogP contribution < -0.4 is 0 Å². The number of hydrogen-bond donors (Lipinski definition) is 4. The SMILES string of the molecule is C[C@@](O)(CCOP(=O)(O)O)CC(=O)O. The van der Waals surface area contributed by atoms with Gasteiger partial charge in [0.15, 0.2) is 0 Å². The van der Waals surface area contributed by atoms with Crippen molar-refractivity contribution in [1.82, 2.24) is 0 Å². The molecule has 7 nitrogen and oxygen atoms in total. The van der Waals surface area contributed by atoms with Crippen molar-refractivity contribution in [1.29, 1.82) is 0 Å². The molecule has 0 aromatic carbocycles. The predicted octanol–water partition coefficient (Wildman–Crippen LogP) is -0.289. The van der Waals surface area contributed by atoms with E-state index in [9.17, 15) is 14.5 Å². The van der Waals surface area contributed by atoms with Crippen molar-refractivity contribution in [2.24, 2.45) is 0 Å². The van der Waals surface area contributed by atoms with Crippen LogP contribution in [-0.4, -0.2) is 38.2 Å². The zero-order valence-corrected chi connectivity index (χ0v) is 8.48. The molecule has 0 saturated carbocycles. The van der Waals surface area contributed by atoms with Gasteiger partial charge >= 0.3 is 13.8 Å². The number of phosphoric ester groups is 1. The number of aliphatic hydroxyl groups is 1. The number of phosphoric acid groups is 1. The minimum Gasteiger partial charge on any atom is -0.481 e. The molecule has 0 heterocycles. The van der Waals surface area contributed by atoms with Crippen LogP contribution in [0.25, 0.3) is 0 Å². The second-order valence-electron chi connectivity index (χ2n) is 3.14. The van der Waals surface area contributed by atoms with Crippen molar-refractivity contribution in [2.45, 2.75) is 25.4 Å². The van der Waals surface area contributed by atoms with Crippen molar-refractivity contribution in [3.05, 3.63) is 0 Å². The number of aliphatic carboxylic acids is 1. The Morgan fingerprint density at radius 2 is 2.00 bits per heavy atom. The van der Waals surface area contributed by atoms with E-state index in [0.29, 0.717) is 0 Å². The molecule has 0 aliphatic heterocycles. The summed E-state index contributed by atoms with van der Waals surface area (Å²) in [5.74, 6) is -1.19. The fourth-order valence-corrected chi connectivity index (χ4v) is 1.13. The Hall–Kier alpha value is -0.460. The second kappa shape index (κ2) is 4.86. The largest absolute Gasteiger partial charge is 0.481 e. The lowest BCUT2D eigenvalue weighted by Crippen LogP contribution is -2.29. The van der Waals surface area contributed by atoms with Crippen molar-refractivity contribution in [3.63, 3.8) is 0 Å². The summed E-state index contributed by atoms with van der Waals surface area (Å²) in [6.45, 7) is 0.856. The van der Waals surface area contributed by atoms with Gasteiger partial charge in [0, 0.05) is 6.42 Å². The maximum Gasteiger partial charge on any atom is 0.469 e. The van der Waals surface area contributed by atoms with Gasteiger partial charge in [-0.1, -0.05) is 0 Å². The van der Waals surface area contributed by atoms with Crippen LogP contribution in [0.2, 0.25) is 0 Å². The van der Waals surface area contributed by atoms with Crippen molar-refractivity contribution < 1.29 is 33.9 Å². The molecule has 0 aromatic rings. The molecule has 0 radical (unpaired) electrons. The van der Waals surface area contributed by atoms with E-state index in [2.05, 4.69) is 4.52 Å². The highest BCUT2D eigenvalue weighted by atomic mass is 31.2. The lowest BCUT2D eigenvalue weighted by molar-refractivity contribution is -0.142. The first-order valence-corrected chi connectivity index (χ1v) is 5.30. The van der Waals surface area contributed by atoms with Gasteiger partial charge in [0.2, 0.25) is 0 Å². The summed E-state index contributed by atoms with van der Waals surface area (Å²) in [4.78, 5) is 26.8. The number of rotatable bonds is 6. The predicted molar refractivity (Wildman–Crippen MR) is 45.5 cm³/mol. The maximum atomic E-state index is 10.2. The van der Waals surface area contributed by atoms with Crippen LogP contribution in [0.15, 0.2) is 0 Å². The molecule has 0 fully saturated rings. The maximum absolute atomic E-state index is 10.2. The Morgan fingerprint density at radius 1 is 1.50 bits per heavy atom. The molecular weight excluding hydrogens is 215 g/mol. The van der Waals surface area contributed by atoms with Gasteiger partial charge in [-0.2, -0.15) is 0 Å². The lowest BCUT2D eigenvalue weighted by atomic mass is 9.99. The lowest BCUT2D eigenvalue weighted by Gasteiger charge is -2.20. The highest BCUT2D eigenvalue weighted by Gasteiger charge is 2.25. The third-order valence-corrected chi connectivity index (χ3v) is 1.95. The quantitative estimate of drug-likeness (QED) is 0.460. The van der Waals surface area contributed by atoms with Crippen LogP contribution in [0.3, 0.4) is 0 Å². The fourth-order valence-electron chi connectivity index (χ4n) is 0.799.